The number of nitrogens with zero attached hydrogens (tertiary/aromatic N) is 1. The molecule has 1 aliphatic heterocycles. The van der Waals surface area contributed by atoms with Crippen molar-refractivity contribution in [3.63, 3.8) is 0 Å². The molecule has 0 radical (unpaired) electrons. The van der Waals surface area contributed by atoms with Gasteiger partial charge in [0.2, 0.25) is 0 Å². The van der Waals surface area contributed by atoms with Crippen molar-refractivity contribution in [1.82, 2.24) is 10.3 Å². The van der Waals surface area contributed by atoms with E-state index in [1.165, 1.54) is 27.4 Å². The molecule has 10 heteroatoms. The summed E-state index contributed by atoms with van der Waals surface area (Å²) in [6, 6.07) is 12.6. The zero-order valence-corrected chi connectivity index (χ0v) is 19.7. The number of cyclic esters (lactones) is 2. The van der Waals surface area contributed by atoms with E-state index in [0.717, 1.165) is 5.56 Å². The fraction of sp³-hybridized carbons (Fsp3) is 0.240. The second-order valence-electron chi connectivity index (χ2n) is 8.00. The highest BCUT2D eigenvalue weighted by molar-refractivity contribution is 6.16. The van der Waals surface area contributed by atoms with E-state index in [9.17, 15) is 9.59 Å². The minimum atomic E-state index is -1.37. The van der Waals surface area contributed by atoms with Crippen LogP contribution in [0.4, 0.5) is 5.69 Å². The summed E-state index contributed by atoms with van der Waals surface area (Å²) in [6.45, 7) is 3.22. The van der Waals surface area contributed by atoms with Gasteiger partial charge in [0.1, 0.15) is 17.3 Å². The van der Waals surface area contributed by atoms with Gasteiger partial charge in [0.05, 0.1) is 26.0 Å². The third-order valence-corrected chi connectivity index (χ3v) is 5.15. The van der Waals surface area contributed by atoms with Crippen molar-refractivity contribution in [3.05, 3.63) is 72.0 Å². The van der Waals surface area contributed by atoms with Gasteiger partial charge in [0, 0.05) is 37.7 Å². The van der Waals surface area contributed by atoms with Crippen LogP contribution in [0.1, 0.15) is 19.4 Å². The number of oxazole rings is 1. The second-order valence-corrected chi connectivity index (χ2v) is 8.00. The maximum absolute atomic E-state index is 12.8. The number of carbonyl (C=O) groups is 2. The Bertz CT molecular complexity index is 1240. The molecule has 1 fully saturated rings. The van der Waals surface area contributed by atoms with E-state index in [1.807, 2.05) is 24.3 Å². The van der Waals surface area contributed by atoms with Gasteiger partial charge in [0.15, 0.2) is 17.7 Å². The van der Waals surface area contributed by atoms with E-state index in [-0.39, 0.29) is 17.9 Å². The zero-order chi connectivity index (χ0) is 25.0. The molecule has 4 rings (SSSR count). The summed E-state index contributed by atoms with van der Waals surface area (Å²) in [5, 5.41) is 6.21. The fourth-order valence-corrected chi connectivity index (χ4v) is 3.55. The first kappa shape index (κ1) is 23.7. The minimum absolute atomic E-state index is 0.107. The Balaban J connectivity index is 1.69. The van der Waals surface area contributed by atoms with E-state index in [0.29, 0.717) is 28.5 Å². The normalized spacial score (nSPS) is 14.6. The predicted molar refractivity (Wildman–Crippen MR) is 125 cm³/mol. The van der Waals surface area contributed by atoms with Crippen LogP contribution in [0.15, 0.2) is 70.9 Å². The van der Waals surface area contributed by atoms with Gasteiger partial charge in [0.25, 0.3) is 5.79 Å². The number of para-hydroxylation sites is 1. The highest BCUT2D eigenvalue weighted by Gasteiger charge is 2.41. The molecule has 1 saturated heterocycles. The SMILES string of the molecule is COc1ccccc1CNC(Nc1ccc(-c2cnco2)c(OC)c1)=C1C(=O)OC(C)(C)OC1=O. The number of hydrogen-bond acceptors (Lipinski definition) is 10. The fourth-order valence-electron chi connectivity index (χ4n) is 3.55. The molecule has 182 valence electrons. The Kier molecular flexibility index (Phi) is 6.63. The van der Waals surface area contributed by atoms with Crippen LogP contribution < -0.4 is 20.1 Å². The van der Waals surface area contributed by atoms with Crippen LogP contribution in [-0.4, -0.2) is 36.9 Å². The zero-order valence-electron chi connectivity index (χ0n) is 19.7. The third kappa shape index (κ3) is 5.21. The number of benzene rings is 2. The lowest BCUT2D eigenvalue weighted by Gasteiger charge is -2.31. The number of aromatic nitrogens is 1. The topological polar surface area (TPSA) is 121 Å². The van der Waals surface area contributed by atoms with Gasteiger partial charge in [-0.25, -0.2) is 14.6 Å². The Morgan fingerprint density at radius 3 is 2.37 bits per heavy atom. The number of rotatable bonds is 8. The van der Waals surface area contributed by atoms with Crippen LogP contribution in [0, 0.1) is 0 Å². The summed E-state index contributed by atoms with van der Waals surface area (Å²) < 4.78 is 26.9. The van der Waals surface area contributed by atoms with E-state index in [4.69, 9.17) is 23.4 Å². The highest BCUT2D eigenvalue weighted by Crippen LogP contribution is 2.33. The summed E-state index contributed by atoms with van der Waals surface area (Å²) in [7, 11) is 3.09. The Hall–Kier alpha value is -4.47. The quantitative estimate of drug-likeness (QED) is 0.281. The van der Waals surface area contributed by atoms with Crippen molar-refractivity contribution in [3.8, 4) is 22.8 Å². The van der Waals surface area contributed by atoms with Crippen molar-refractivity contribution in [2.75, 3.05) is 19.5 Å². The van der Waals surface area contributed by atoms with E-state index >= 15 is 0 Å². The molecule has 2 aromatic carbocycles. The molecule has 1 aliphatic rings. The summed E-state index contributed by atoms with van der Waals surface area (Å²) in [5.74, 6) is -1.21. The molecular formula is C25H25N3O7. The summed E-state index contributed by atoms with van der Waals surface area (Å²) in [4.78, 5) is 29.5. The van der Waals surface area contributed by atoms with Gasteiger partial charge >= 0.3 is 11.9 Å². The van der Waals surface area contributed by atoms with Crippen LogP contribution in [0.2, 0.25) is 0 Å². The van der Waals surface area contributed by atoms with E-state index in [2.05, 4.69) is 15.6 Å². The Morgan fingerprint density at radius 1 is 1.00 bits per heavy atom. The van der Waals surface area contributed by atoms with Crippen molar-refractivity contribution < 1.29 is 33.0 Å². The van der Waals surface area contributed by atoms with Crippen molar-refractivity contribution in [1.29, 1.82) is 0 Å². The lowest BCUT2D eigenvalue weighted by molar-refractivity contribution is -0.222. The average Bonchev–Trinajstić information content (AvgIpc) is 3.36. The molecule has 3 aromatic rings. The first-order valence-corrected chi connectivity index (χ1v) is 10.7. The molecule has 0 atom stereocenters. The maximum Gasteiger partial charge on any atom is 0.352 e. The molecule has 0 aliphatic carbocycles. The molecule has 2 N–H and O–H groups in total. The lowest BCUT2D eigenvalue weighted by atomic mass is 10.1. The molecule has 1 aromatic heterocycles. The van der Waals surface area contributed by atoms with Crippen LogP contribution >= 0.6 is 0 Å². The van der Waals surface area contributed by atoms with Crippen LogP contribution in [-0.2, 0) is 25.6 Å². The molecule has 10 nitrogen and oxygen atoms in total. The first-order valence-electron chi connectivity index (χ1n) is 10.7. The van der Waals surface area contributed by atoms with Crippen LogP contribution in [0.25, 0.3) is 11.3 Å². The number of nitrogens with one attached hydrogen (secondary N) is 2. The molecule has 0 amide bonds. The minimum Gasteiger partial charge on any atom is -0.496 e. The summed E-state index contributed by atoms with van der Waals surface area (Å²) in [6.07, 6.45) is 2.90. The third-order valence-electron chi connectivity index (χ3n) is 5.15. The largest absolute Gasteiger partial charge is 0.496 e. The number of methoxy groups -OCH3 is 2. The van der Waals surface area contributed by atoms with E-state index in [1.54, 1.807) is 31.5 Å². The summed E-state index contributed by atoms with van der Waals surface area (Å²) >= 11 is 0. The molecule has 0 spiro atoms. The molecule has 0 saturated carbocycles. The van der Waals surface area contributed by atoms with Crippen molar-refractivity contribution in [2.45, 2.75) is 26.2 Å². The monoisotopic (exact) mass is 479 g/mol. The first-order chi connectivity index (χ1) is 16.8. The van der Waals surface area contributed by atoms with E-state index < -0.39 is 17.7 Å². The van der Waals surface area contributed by atoms with Crippen molar-refractivity contribution in [2.24, 2.45) is 0 Å². The number of ether oxygens (including phenoxy) is 4. The Morgan fingerprint density at radius 2 is 1.71 bits per heavy atom. The maximum atomic E-state index is 12.8. The van der Waals surface area contributed by atoms with Crippen LogP contribution in [0.3, 0.4) is 0 Å². The predicted octanol–water partition coefficient (Wildman–Crippen LogP) is 3.61. The number of anilines is 1. The average molecular weight is 479 g/mol. The molecule has 0 unspecified atom stereocenters. The number of hydrogen-bond donors (Lipinski definition) is 2. The van der Waals surface area contributed by atoms with Gasteiger partial charge in [-0.05, 0) is 18.2 Å². The molecule has 35 heavy (non-hydrogen) atoms. The highest BCUT2D eigenvalue weighted by atomic mass is 16.7. The lowest BCUT2D eigenvalue weighted by Crippen LogP contribution is -2.44. The van der Waals surface area contributed by atoms with Gasteiger partial charge in [-0.15, -0.1) is 0 Å². The molecule has 0 bridgehead atoms. The number of carbonyl (C=O) groups excluding carboxylic acids is 2. The van der Waals surface area contributed by atoms with Gasteiger partial charge < -0.3 is 34.0 Å². The second kappa shape index (κ2) is 9.80. The summed E-state index contributed by atoms with van der Waals surface area (Å²) in [5.41, 5.74) is 1.74. The van der Waals surface area contributed by atoms with Gasteiger partial charge in [-0.2, -0.15) is 0 Å². The van der Waals surface area contributed by atoms with Gasteiger partial charge in [-0.3, -0.25) is 0 Å². The molecular weight excluding hydrogens is 454 g/mol. The van der Waals surface area contributed by atoms with Gasteiger partial charge in [-0.1, -0.05) is 18.2 Å². The Labute approximate surface area is 201 Å². The standard InChI is InChI=1S/C25H25N3O7/c1-25(2)34-23(29)21(24(30)35-25)22(27-12-15-7-5-6-8-18(15)31-3)28-16-9-10-17(19(11-16)32-4)20-13-26-14-33-20/h5-11,13-14,27-28H,12H2,1-4H3. The van der Waals surface area contributed by atoms with Crippen LogP contribution in [0.5, 0.6) is 11.5 Å². The number of esters is 2. The smallest absolute Gasteiger partial charge is 0.352 e. The van der Waals surface area contributed by atoms with Crippen molar-refractivity contribution >= 4 is 17.6 Å². The molecule has 2 heterocycles.